The minimum atomic E-state index is -0.0522. The minimum absolute atomic E-state index is 0.0522. The molecule has 27 heavy (non-hydrogen) atoms. The summed E-state index contributed by atoms with van der Waals surface area (Å²) >= 11 is 0. The van der Waals surface area contributed by atoms with Crippen LogP contribution in [0.1, 0.15) is 24.2 Å². The van der Waals surface area contributed by atoms with Crippen LogP contribution in [0, 0.1) is 0 Å². The van der Waals surface area contributed by atoms with Crippen LogP contribution in [-0.2, 0) is 17.8 Å². The molecule has 5 heteroatoms. The summed E-state index contributed by atoms with van der Waals surface area (Å²) in [5, 5.41) is 0.651. The van der Waals surface area contributed by atoms with Gasteiger partial charge in [-0.05, 0) is 30.5 Å². The third-order valence-electron chi connectivity index (χ3n) is 5.19. The summed E-state index contributed by atoms with van der Waals surface area (Å²) in [6.07, 6.45) is 3.19. The number of nitrogens with one attached hydrogen (secondary N) is 1. The van der Waals surface area contributed by atoms with Crippen molar-refractivity contribution in [2.75, 3.05) is 19.6 Å². The number of para-hydroxylation sites is 1. The second-order valence-electron chi connectivity index (χ2n) is 7.12. The van der Waals surface area contributed by atoms with Gasteiger partial charge in [0.25, 0.3) is 5.56 Å². The highest BCUT2D eigenvalue weighted by Crippen LogP contribution is 2.16. The number of nitrogens with zero attached hydrogens (tertiary/aromatic N) is 2. The van der Waals surface area contributed by atoms with Gasteiger partial charge in [-0.25, -0.2) is 4.98 Å². The third-order valence-corrected chi connectivity index (χ3v) is 5.19. The molecule has 140 valence electrons. The van der Waals surface area contributed by atoms with Crippen LogP contribution in [0.15, 0.2) is 59.4 Å². The zero-order valence-electron chi connectivity index (χ0n) is 15.4. The van der Waals surface area contributed by atoms with Crippen LogP contribution >= 0.6 is 0 Å². The summed E-state index contributed by atoms with van der Waals surface area (Å²) < 4.78 is 6.06. The number of likely N-dealkylation sites (tertiary alicyclic amines) is 1. The topological polar surface area (TPSA) is 58.2 Å². The van der Waals surface area contributed by atoms with Crippen LogP contribution in [0.5, 0.6) is 0 Å². The smallest absolute Gasteiger partial charge is 0.258 e. The van der Waals surface area contributed by atoms with E-state index in [1.165, 1.54) is 5.56 Å². The van der Waals surface area contributed by atoms with Crippen molar-refractivity contribution in [3.05, 3.63) is 76.3 Å². The number of benzene rings is 2. The Morgan fingerprint density at radius 2 is 1.78 bits per heavy atom. The van der Waals surface area contributed by atoms with Crippen LogP contribution in [0.4, 0.5) is 0 Å². The Kier molecular flexibility index (Phi) is 5.61. The monoisotopic (exact) mass is 363 g/mol. The molecule has 0 saturated carbocycles. The Morgan fingerprint density at radius 1 is 1.04 bits per heavy atom. The van der Waals surface area contributed by atoms with Crippen molar-refractivity contribution in [1.29, 1.82) is 0 Å². The molecule has 1 N–H and O–H groups in total. The van der Waals surface area contributed by atoms with E-state index in [1.807, 2.05) is 42.5 Å². The van der Waals surface area contributed by atoms with E-state index in [0.29, 0.717) is 18.1 Å². The molecule has 0 aliphatic carbocycles. The zero-order chi connectivity index (χ0) is 18.5. The van der Waals surface area contributed by atoms with Crippen molar-refractivity contribution in [2.24, 2.45) is 0 Å². The molecule has 0 spiro atoms. The Balaban J connectivity index is 1.25. The van der Waals surface area contributed by atoms with E-state index in [2.05, 4.69) is 27.0 Å². The van der Waals surface area contributed by atoms with Crippen LogP contribution in [-0.4, -0.2) is 40.6 Å². The molecule has 1 aliphatic rings. The van der Waals surface area contributed by atoms with Gasteiger partial charge in [0.05, 0.1) is 23.6 Å². The fourth-order valence-corrected chi connectivity index (χ4v) is 3.61. The van der Waals surface area contributed by atoms with Gasteiger partial charge in [-0.2, -0.15) is 0 Å². The second kappa shape index (κ2) is 8.46. The van der Waals surface area contributed by atoms with Crippen LogP contribution in [0.2, 0.25) is 0 Å². The van der Waals surface area contributed by atoms with E-state index >= 15 is 0 Å². The first-order valence-corrected chi connectivity index (χ1v) is 9.64. The molecule has 1 aromatic heterocycles. The van der Waals surface area contributed by atoms with Crippen molar-refractivity contribution < 1.29 is 4.74 Å². The van der Waals surface area contributed by atoms with Crippen molar-refractivity contribution in [2.45, 2.75) is 32.0 Å². The van der Waals surface area contributed by atoms with Crippen LogP contribution < -0.4 is 5.56 Å². The third kappa shape index (κ3) is 4.62. The van der Waals surface area contributed by atoms with Crippen molar-refractivity contribution in [1.82, 2.24) is 14.9 Å². The van der Waals surface area contributed by atoms with Crippen LogP contribution in [0.3, 0.4) is 0 Å². The first kappa shape index (κ1) is 17.9. The van der Waals surface area contributed by atoms with Crippen molar-refractivity contribution >= 4 is 10.9 Å². The molecule has 4 rings (SSSR count). The van der Waals surface area contributed by atoms with E-state index in [9.17, 15) is 4.79 Å². The number of rotatable bonds is 6. The molecule has 0 atom stereocenters. The lowest BCUT2D eigenvalue weighted by Gasteiger charge is -2.31. The second-order valence-corrected chi connectivity index (χ2v) is 7.12. The zero-order valence-corrected chi connectivity index (χ0v) is 15.4. The maximum atomic E-state index is 12.2. The molecule has 1 saturated heterocycles. The molecule has 5 nitrogen and oxygen atoms in total. The molecule has 1 aliphatic heterocycles. The number of aromatic nitrogens is 2. The number of aromatic amines is 1. The highest BCUT2D eigenvalue weighted by Gasteiger charge is 2.19. The molecule has 3 aromatic rings. The highest BCUT2D eigenvalue weighted by atomic mass is 16.5. The average Bonchev–Trinajstić information content (AvgIpc) is 2.72. The largest absolute Gasteiger partial charge is 0.373 e. The highest BCUT2D eigenvalue weighted by molar-refractivity contribution is 5.77. The van der Waals surface area contributed by atoms with E-state index in [4.69, 9.17) is 4.74 Å². The lowest BCUT2D eigenvalue weighted by Crippen LogP contribution is -2.38. The van der Waals surface area contributed by atoms with E-state index in [0.717, 1.165) is 50.2 Å². The van der Waals surface area contributed by atoms with Crippen molar-refractivity contribution in [3.8, 4) is 0 Å². The fraction of sp³-hybridized carbons (Fsp3) is 0.364. The Morgan fingerprint density at radius 3 is 2.59 bits per heavy atom. The summed E-state index contributed by atoms with van der Waals surface area (Å²) in [6.45, 7) is 3.65. The maximum Gasteiger partial charge on any atom is 0.258 e. The Hall–Kier alpha value is -2.50. The molecule has 2 heterocycles. The quantitative estimate of drug-likeness (QED) is 0.731. The molecule has 0 amide bonds. The Bertz CT molecular complexity index is 931. The number of hydrogen-bond acceptors (Lipinski definition) is 4. The molecular formula is C22H25N3O2. The summed E-state index contributed by atoms with van der Waals surface area (Å²) in [7, 11) is 0. The van der Waals surface area contributed by atoms with Gasteiger partial charge in [-0.1, -0.05) is 42.5 Å². The van der Waals surface area contributed by atoms with Crippen LogP contribution in [0.25, 0.3) is 10.9 Å². The SMILES string of the molecule is O=c1[nH]c(CCN2CCC(OCc3ccccc3)CC2)nc2ccccc12. The van der Waals surface area contributed by atoms with Gasteiger partial charge in [-0.15, -0.1) is 0 Å². The van der Waals surface area contributed by atoms with Gasteiger partial charge in [-0.3, -0.25) is 4.79 Å². The normalized spacial score (nSPS) is 16.0. The van der Waals surface area contributed by atoms with Gasteiger partial charge in [0, 0.05) is 26.1 Å². The lowest BCUT2D eigenvalue weighted by molar-refractivity contribution is -0.00225. The first-order valence-electron chi connectivity index (χ1n) is 9.64. The van der Waals surface area contributed by atoms with Crippen molar-refractivity contribution in [3.63, 3.8) is 0 Å². The maximum absolute atomic E-state index is 12.2. The molecular weight excluding hydrogens is 338 g/mol. The van der Waals surface area contributed by atoms with Gasteiger partial charge in [0.2, 0.25) is 0 Å². The summed E-state index contributed by atoms with van der Waals surface area (Å²) in [5.41, 5.74) is 1.94. The standard InChI is InChI=1S/C22H25N3O2/c26-22-19-8-4-5-9-20(19)23-21(24-22)12-15-25-13-10-18(11-14-25)27-16-17-6-2-1-3-7-17/h1-9,18H,10-16H2,(H,23,24,26). The molecule has 0 bridgehead atoms. The fourth-order valence-electron chi connectivity index (χ4n) is 3.61. The van der Waals surface area contributed by atoms with E-state index in [1.54, 1.807) is 0 Å². The number of fused-ring (bicyclic) bond motifs is 1. The molecule has 0 unspecified atom stereocenters. The lowest BCUT2D eigenvalue weighted by atomic mass is 10.1. The molecule has 0 radical (unpaired) electrons. The number of ether oxygens (including phenoxy) is 1. The number of H-pyrrole nitrogens is 1. The number of piperidine rings is 1. The summed E-state index contributed by atoms with van der Waals surface area (Å²) in [4.78, 5) is 22.1. The predicted molar refractivity (Wildman–Crippen MR) is 107 cm³/mol. The average molecular weight is 363 g/mol. The van der Waals surface area contributed by atoms with E-state index < -0.39 is 0 Å². The first-order chi connectivity index (χ1) is 13.3. The predicted octanol–water partition coefficient (Wildman–Crippen LogP) is 3.15. The summed E-state index contributed by atoms with van der Waals surface area (Å²) in [5.74, 6) is 0.765. The minimum Gasteiger partial charge on any atom is -0.373 e. The van der Waals surface area contributed by atoms with Gasteiger partial charge in [0.1, 0.15) is 5.82 Å². The summed E-state index contributed by atoms with van der Waals surface area (Å²) in [6, 6.07) is 17.8. The van der Waals surface area contributed by atoms with Gasteiger partial charge < -0.3 is 14.6 Å². The number of hydrogen-bond donors (Lipinski definition) is 1. The Labute approximate surface area is 159 Å². The molecule has 1 fully saturated rings. The van der Waals surface area contributed by atoms with Gasteiger partial charge >= 0.3 is 0 Å². The molecule has 2 aromatic carbocycles. The van der Waals surface area contributed by atoms with E-state index in [-0.39, 0.29) is 5.56 Å². The van der Waals surface area contributed by atoms with Gasteiger partial charge in [0.15, 0.2) is 0 Å².